The molecule has 0 aliphatic heterocycles. The fourth-order valence-corrected chi connectivity index (χ4v) is 7.02. The molecule has 0 saturated carbocycles. The van der Waals surface area contributed by atoms with Gasteiger partial charge < -0.3 is 0 Å². The Morgan fingerprint density at radius 1 is 0.371 bits per heavy atom. The molecular formula is C34H20S. The maximum atomic E-state index is 2.40. The number of rotatable bonds is 1. The average Bonchev–Trinajstić information content (AvgIpc) is 3.32. The molecule has 0 nitrogen and oxygen atoms in total. The fraction of sp³-hybridized carbons (Fsp3) is 0. The van der Waals surface area contributed by atoms with E-state index in [1.165, 1.54) is 74.4 Å². The Morgan fingerprint density at radius 2 is 0.971 bits per heavy atom. The molecule has 8 aromatic rings. The molecule has 0 unspecified atom stereocenters. The summed E-state index contributed by atoms with van der Waals surface area (Å²) >= 11 is 1.91. The SMILES string of the molecule is c1ccc2c(c1)ccc1cc(-c3ccc4sc5c6ccccc6c6ccccc6c5c4c3)ccc12. The van der Waals surface area contributed by atoms with Crippen LogP contribution in [0.4, 0.5) is 0 Å². The first-order valence-electron chi connectivity index (χ1n) is 12.0. The smallest absolute Gasteiger partial charge is 0.0440 e. The maximum Gasteiger partial charge on any atom is 0.0440 e. The predicted octanol–water partition coefficient (Wildman–Crippen LogP) is 10.3. The number of thiophene rings is 1. The Kier molecular flexibility index (Phi) is 3.91. The zero-order valence-corrected chi connectivity index (χ0v) is 19.8. The van der Waals surface area contributed by atoms with E-state index < -0.39 is 0 Å². The molecule has 0 aliphatic carbocycles. The van der Waals surface area contributed by atoms with Crippen molar-refractivity contribution in [1.29, 1.82) is 0 Å². The van der Waals surface area contributed by atoms with E-state index >= 15 is 0 Å². The molecule has 1 heteroatoms. The third-order valence-electron chi connectivity index (χ3n) is 7.42. The van der Waals surface area contributed by atoms with Gasteiger partial charge >= 0.3 is 0 Å². The van der Waals surface area contributed by atoms with Gasteiger partial charge in [-0.15, -0.1) is 11.3 Å². The van der Waals surface area contributed by atoms with Crippen molar-refractivity contribution in [3.05, 3.63) is 121 Å². The largest absolute Gasteiger partial charge is 0.135 e. The zero-order valence-electron chi connectivity index (χ0n) is 19.0. The fourth-order valence-electron chi connectivity index (χ4n) is 5.78. The lowest BCUT2D eigenvalue weighted by molar-refractivity contribution is 1.70. The Morgan fingerprint density at radius 3 is 1.83 bits per heavy atom. The standard InChI is InChI=1S/C34H20S/c1-2-8-25-21(7-1)13-14-24-19-22(15-17-26(24)25)23-16-18-32-31(20-23)33-29-11-5-3-9-27(29)28-10-4-6-12-30(28)34(33)35-32/h1-20H. The summed E-state index contributed by atoms with van der Waals surface area (Å²) in [6, 6.07) is 44.7. The van der Waals surface area contributed by atoms with Gasteiger partial charge in [0.2, 0.25) is 0 Å². The van der Waals surface area contributed by atoms with E-state index in [1.54, 1.807) is 0 Å². The van der Waals surface area contributed by atoms with Crippen LogP contribution in [-0.4, -0.2) is 0 Å². The highest BCUT2D eigenvalue weighted by atomic mass is 32.1. The summed E-state index contributed by atoms with van der Waals surface area (Å²) < 4.78 is 2.73. The van der Waals surface area contributed by atoms with Gasteiger partial charge in [-0.25, -0.2) is 0 Å². The van der Waals surface area contributed by atoms with Crippen LogP contribution in [0.15, 0.2) is 121 Å². The van der Waals surface area contributed by atoms with Crippen molar-refractivity contribution in [2.45, 2.75) is 0 Å². The molecule has 1 heterocycles. The van der Waals surface area contributed by atoms with Crippen molar-refractivity contribution >= 4 is 74.6 Å². The van der Waals surface area contributed by atoms with E-state index in [0.717, 1.165) is 0 Å². The molecule has 0 amide bonds. The maximum absolute atomic E-state index is 2.40. The van der Waals surface area contributed by atoms with E-state index in [0.29, 0.717) is 0 Å². The Bertz CT molecular complexity index is 2110. The van der Waals surface area contributed by atoms with Gasteiger partial charge in [0.15, 0.2) is 0 Å². The van der Waals surface area contributed by atoms with Crippen LogP contribution in [0.5, 0.6) is 0 Å². The highest BCUT2D eigenvalue weighted by Crippen LogP contribution is 2.45. The number of benzene rings is 7. The first-order valence-corrected chi connectivity index (χ1v) is 12.8. The van der Waals surface area contributed by atoms with Gasteiger partial charge in [-0.1, -0.05) is 103 Å². The van der Waals surface area contributed by atoms with Crippen molar-refractivity contribution < 1.29 is 0 Å². The molecule has 162 valence electrons. The lowest BCUT2D eigenvalue weighted by atomic mass is 9.95. The second-order valence-electron chi connectivity index (χ2n) is 9.33. The van der Waals surface area contributed by atoms with Crippen LogP contribution in [0, 0.1) is 0 Å². The summed E-state index contributed by atoms with van der Waals surface area (Å²) in [5.74, 6) is 0. The van der Waals surface area contributed by atoms with Crippen molar-refractivity contribution in [3.8, 4) is 11.1 Å². The van der Waals surface area contributed by atoms with Crippen LogP contribution in [0.3, 0.4) is 0 Å². The molecule has 0 saturated heterocycles. The summed E-state index contributed by atoms with van der Waals surface area (Å²) in [5.41, 5.74) is 2.53. The lowest BCUT2D eigenvalue weighted by Crippen LogP contribution is -1.82. The third-order valence-corrected chi connectivity index (χ3v) is 8.63. The topological polar surface area (TPSA) is 0 Å². The van der Waals surface area contributed by atoms with E-state index in [1.807, 2.05) is 11.3 Å². The van der Waals surface area contributed by atoms with Crippen LogP contribution < -0.4 is 0 Å². The first kappa shape index (κ1) is 19.1. The molecule has 0 radical (unpaired) electrons. The molecule has 0 aliphatic rings. The lowest BCUT2D eigenvalue weighted by Gasteiger charge is -2.09. The van der Waals surface area contributed by atoms with Gasteiger partial charge in [0.25, 0.3) is 0 Å². The van der Waals surface area contributed by atoms with Crippen LogP contribution in [0.1, 0.15) is 0 Å². The number of fused-ring (bicyclic) bond motifs is 11. The van der Waals surface area contributed by atoms with Crippen molar-refractivity contribution in [1.82, 2.24) is 0 Å². The molecular weight excluding hydrogens is 440 g/mol. The second kappa shape index (κ2) is 7.15. The Labute approximate surface area is 206 Å². The minimum Gasteiger partial charge on any atom is -0.135 e. The normalized spacial score (nSPS) is 12.0. The van der Waals surface area contributed by atoms with Gasteiger partial charge in [-0.3, -0.25) is 0 Å². The van der Waals surface area contributed by atoms with E-state index in [-0.39, 0.29) is 0 Å². The van der Waals surface area contributed by atoms with Gasteiger partial charge in [-0.05, 0) is 67.0 Å². The van der Waals surface area contributed by atoms with Crippen molar-refractivity contribution in [3.63, 3.8) is 0 Å². The van der Waals surface area contributed by atoms with Gasteiger partial charge in [0.05, 0.1) is 0 Å². The summed E-state index contributed by atoms with van der Waals surface area (Å²) in [4.78, 5) is 0. The first-order chi connectivity index (χ1) is 17.3. The second-order valence-corrected chi connectivity index (χ2v) is 10.4. The Hall–Kier alpha value is -4.20. The van der Waals surface area contributed by atoms with E-state index in [2.05, 4.69) is 121 Å². The van der Waals surface area contributed by atoms with E-state index in [4.69, 9.17) is 0 Å². The van der Waals surface area contributed by atoms with Crippen LogP contribution in [-0.2, 0) is 0 Å². The molecule has 7 aromatic carbocycles. The minimum absolute atomic E-state index is 1.26. The van der Waals surface area contributed by atoms with Gasteiger partial charge in [-0.2, -0.15) is 0 Å². The van der Waals surface area contributed by atoms with Crippen LogP contribution in [0.2, 0.25) is 0 Å². The molecule has 0 atom stereocenters. The van der Waals surface area contributed by atoms with Gasteiger partial charge in [0, 0.05) is 25.6 Å². The van der Waals surface area contributed by atoms with E-state index in [9.17, 15) is 0 Å². The molecule has 1 aromatic heterocycles. The summed E-state index contributed by atoms with van der Waals surface area (Å²) in [5, 5.41) is 13.3. The number of hydrogen-bond donors (Lipinski definition) is 0. The molecule has 0 bridgehead atoms. The summed E-state index contributed by atoms with van der Waals surface area (Å²) in [6.45, 7) is 0. The quantitative estimate of drug-likeness (QED) is 0.214. The number of hydrogen-bond acceptors (Lipinski definition) is 1. The summed E-state index contributed by atoms with van der Waals surface area (Å²) in [6.07, 6.45) is 0. The predicted molar refractivity (Wildman–Crippen MR) is 155 cm³/mol. The van der Waals surface area contributed by atoms with Crippen LogP contribution >= 0.6 is 11.3 Å². The highest BCUT2D eigenvalue weighted by Gasteiger charge is 2.14. The zero-order chi connectivity index (χ0) is 22.9. The molecule has 0 fully saturated rings. The summed E-state index contributed by atoms with van der Waals surface area (Å²) in [7, 11) is 0. The molecule has 8 rings (SSSR count). The van der Waals surface area contributed by atoms with Crippen molar-refractivity contribution in [2.75, 3.05) is 0 Å². The monoisotopic (exact) mass is 460 g/mol. The molecule has 35 heavy (non-hydrogen) atoms. The Balaban J connectivity index is 1.42. The average molecular weight is 461 g/mol. The van der Waals surface area contributed by atoms with Gasteiger partial charge in [0.1, 0.15) is 0 Å². The molecule has 0 spiro atoms. The molecule has 0 N–H and O–H groups in total. The highest BCUT2D eigenvalue weighted by molar-refractivity contribution is 7.27. The van der Waals surface area contributed by atoms with Crippen molar-refractivity contribution in [2.24, 2.45) is 0 Å². The van der Waals surface area contributed by atoms with Crippen LogP contribution in [0.25, 0.3) is 74.4 Å². The third kappa shape index (κ3) is 2.73. The minimum atomic E-state index is 1.26.